The molecular formula is C22H22O4. The minimum Gasteiger partial charge on any atom is -0.460 e. The molecular weight excluding hydrogens is 328 g/mol. The highest BCUT2D eigenvalue weighted by Crippen LogP contribution is 2.28. The van der Waals surface area contributed by atoms with E-state index in [-0.39, 0.29) is 6.61 Å². The zero-order valence-corrected chi connectivity index (χ0v) is 14.6. The highest BCUT2D eigenvalue weighted by molar-refractivity contribution is 6.02. The number of hydrogen-bond donors (Lipinski definition) is 0. The molecule has 4 nitrogen and oxygen atoms in total. The molecule has 0 aliphatic heterocycles. The van der Waals surface area contributed by atoms with Crippen molar-refractivity contribution in [2.24, 2.45) is 0 Å². The quantitative estimate of drug-likeness (QED) is 0.250. The van der Waals surface area contributed by atoms with Gasteiger partial charge in [-0.3, -0.25) is 0 Å². The van der Waals surface area contributed by atoms with Gasteiger partial charge in [0.1, 0.15) is 6.61 Å². The van der Waals surface area contributed by atoms with Crippen LogP contribution in [0.1, 0.15) is 5.56 Å². The SMILES string of the molecule is C=CC(=O)OCCOCCOCc1c2ccccc2cc2ccccc12. The summed E-state index contributed by atoms with van der Waals surface area (Å²) in [4.78, 5) is 10.9. The zero-order chi connectivity index (χ0) is 18.2. The van der Waals surface area contributed by atoms with E-state index in [9.17, 15) is 4.79 Å². The van der Waals surface area contributed by atoms with E-state index in [1.165, 1.54) is 27.1 Å². The summed E-state index contributed by atoms with van der Waals surface area (Å²) in [6, 6.07) is 18.9. The highest BCUT2D eigenvalue weighted by Gasteiger charge is 2.07. The summed E-state index contributed by atoms with van der Waals surface area (Å²) in [6.45, 7) is 5.36. The van der Waals surface area contributed by atoms with Crippen molar-refractivity contribution in [2.75, 3.05) is 26.4 Å². The van der Waals surface area contributed by atoms with Crippen LogP contribution in [0.15, 0.2) is 67.3 Å². The summed E-state index contributed by atoms with van der Waals surface area (Å²) in [5.74, 6) is -0.437. The predicted molar refractivity (Wildman–Crippen MR) is 103 cm³/mol. The third kappa shape index (κ3) is 4.48. The Morgan fingerprint density at radius 2 is 1.42 bits per heavy atom. The Labute approximate surface area is 153 Å². The number of esters is 1. The molecule has 0 saturated carbocycles. The fourth-order valence-corrected chi connectivity index (χ4v) is 2.92. The van der Waals surface area contributed by atoms with Crippen LogP contribution in [-0.2, 0) is 25.6 Å². The average molecular weight is 350 g/mol. The standard InChI is InChI=1S/C22H22O4/c1-2-22(23)26-14-13-24-11-12-25-16-21-19-9-5-3-7-17(19)15-18-8-4-6-10-20(18)21/h2-10,15H,1,11-14,16H2. The molecule has 0 bridgehead atoms. The predicted octanol–water partition coefficient (Wildman–Crippen LogP) is 4.26. The summed E-state index contributed by atoms with van der Waals surface area (Å²) in [7, 11) is 0. The Bertz CT molecular complexity index is 847. The second-order valence-corrected chi connectivity index (χ2v) is 5.83. The van der Waals surface area contributed by atoms with Gasteiger partial charge in [0.2, 0.25) is 0 Å². The van der Waals surface area contributed by atoms with Crippen LogP contribution in [0.4, 0.5) is 0 Å². The number of hydrogen-bond acceptors (Lipinski definition) is 4. The van der Waals surface area contributed by atoms with Gasteiger partial charge in [0.25, 0.3) is 0 Å². The fourth-order valence-electron chi connectivity index (χ4n) is 2.92. The molecule has 0 amide bonds. The van der Waals surface area contributed by atoms with Gasteiger partial charge in [-0.2, -0.15) is 0 Å². The Balaban J connectivity index is 1.56. The number of benzene rings is 3. The Hall–Kier alpha value is -2.69. The van der Waals surface area contributed by atoms with Crippen LogP contribution < -0.4 is 0 Å². The number of fused-ring (bicyclic) bond motifs is 2. The van der Waals surface area contributed by atoms with Gasteiger partial charge in [-0.1, -0.05) is 55.1 Å². The van der Waals surface area contributed by atoms with E-state index in [2.05, 4.69) is 49.0 Å². The molecule has 0 heterocycles. The van der Waals surface area contributed by atoms with Gasteiger partial charge < -0.3 is 14.2 Å². The van der Waals surface area contributed by atoms with Crippen molar-refractivity contribution in [3.05, 3.63) is 72.8 Å². The van der Waals surface area contributed by atoms with Crippen molar-refractivity contribution in [3.8, 4) is 0 Å². The first-order chi connectivity index (χ1) is 12.8. The summed E-state index contributed by atoms with van der Waals surface area (Å²) in [5.41, 5.74) is 1.19. The monoisotopic (exact) mass is 350 g/mol. The Morgan fingerprint density at radius 3 is 2.08 bits per heavy atom. The molecule has 0 fully saturated rings. The van der Waals surface area contributed by atoms with Crippen LogP contribution >= 0.6 is 0 Å². The lowest BCUT2D eigenvalue weighted by atomic mass is 9.97. The molecule has 0 radical (unpaired) electrons. The second-order valence-electron chi connectivity index (χ2n) is 5.83. The topological polar surface area (TPSA) is 44.8 Å². The maximum absolute atomic E-state index is 10.9. The van der Waals surface area contributed by atoms with Gasteiger partial charge in [-0.25, -0.2) is 4.79 Å². The third-order valence-electron chi connectivity index (χ3n) is 4.14. The molecule has 0 N–H and O–H groups in total. The molecule has 26 heavy (non-hydrogen) atoms. The van der Waals surface area contributed by atoms with Crippen molar-refractivity contribution in [1.82, 2.24) is 0 Å². The van der Waals surface area contributed by atoms with Crippen LogP contribution in [0.5, 0.6) is 0 Å². The largest absolute Gasteiger partial charge is 0.460 e. The normalized spacial score (nSPS) is 10.9. The lowest BCUT2D eigenvalue weighted by Crippen LogP contribution is -2.11. The first-order valence-corrected chi connectivity index (χ1v) is 8.63. The summed E-state index contributed by atoms with van der Waals surface area (Å²) in [5, 5.41) is 4.85. The number of ether oxygens (including phenoxy) is 3. The molecule has 0 saturated heterocycles. The van der Waals surface area contributed by atoms with E-state index in [1.807, 2.05) is 12.1 Å². The summed E-state index contributed by atoms with van der Waals surface area (Å²) >= 11 is 0. The molecule has 134 valence electrons. The number of rotatable bonds is 9. The van der Waals surface area contributed by atoms with Crippen molar-refractivity contribution in [3.63, 3.8) is 0 Å². The van der Waals surface area contributed by atoms with Crippen LogP contribution in [0.2, 0.25) is 0 Å². The zero-order valence-electron chi connectivity index (χ0n) is 14.6. The second kappa shape index (κ2) is 9.13. The molecule has 0 atom stereocenters. The van der Waals surface area contributed by atoms with Crippen LogP contribution in [0, 0.1) is 0 Å². The van der Waals surface area contributed by atoms with Crippen LogP contribution in [0.3, 0.4) is 0 Å². The maximum atomic E-state index is 10.9. The van der Waals surface area contributed by atoms with Crippen molar-refractivity contribution < 1.29 is 19.0 Å². The first kappa shape index (κ1) is 18.1. The molecule has 3 aromatic carbocycles. The molecule has 0 aliphatic carbocycles. The molecule has 3 aromatic rings. The van der Waals surface area contributed by atoms with Crippen LogP contribution in [0.25, 0.3) is 21.5 Å². The highest BCUT2D eigenvalue weighted by atomic mass is 16.6. The first-order valence-electron chi connectivity index (χ1n) is 8.63. The Kier molecular flexibility index (Phi) is 6.36. The molecule has 0 aromatic heterocycles. The van der Waals surface area contributed by atoms with Crippen molar-refractivity contribution in [1.29, 1.82) is 0 Å². The summed E-state index contributed by atoms with van der Waals surface area (Å²) < 4.78 is 16.1. The molecule has 0 aliphatic rings. The maximum Gasteiger partial charge on any atom is 0.330 e. The van der Waals surface area contributed by atoms with Crippen LogP contribution in [-0.4, -0.2) is 32.4 Å². The van der Waals surface area contributed by atoms with Gasteiger partial charge in [0.15, 0.2) is 0 Å². The van der Waals surface area contributed by atoms with Gasteiger partial charge in [0, 0.05) is 6.08 Å². The number of carbonyl (C=O) groups excluding carboxylic acids is 1. The molecule has 0 unspecified atom stereocenters. The lowest BCUT2D eigenvalue weighted by Gasteiger charge is -2.12. The van der Waals surface area contributed by atoms with Gasteiger partial charge in [0.05, 0.1) is 26.4 Å². The van der Waals surface area contributed by atoms with E-state index in [4.69, 9.17) is 14.2 Å². The van der Waals surface area contributed by atoms with Crippen molar-refractivity contribution >= 4 is 27.5 Å². The fraction of sp³-hybridized carbons (Fsp3) is 0.227. The van der Waals surface area contributed by atoms with E-state index >= 15 is 0 Å². The lowest BCUT2D eigenvalue weighted by molar-refractivity contribution is -0.139. The minimum atomic E-state index is -0.437. The minimum absolute atomic E-state index is 0.221. The molecule has 3 rings (SSSR count). The average Bonchev–Trinajstić information content (AvgIpc) is 2.68. The van der Waals surface area contributed by atoms with Gasteiger partial charge in [-0.05, 0) is 33.2 Å². The van der Waals surface area contributed by atoms with Gasteiger partial charge in [-0.15, -0.1) is 0 Å². The molecule has 0 spiro atoms. The van der Waals surface area contributed by atoms with Gasteiger partial charge >= 0.3 is 5.97 Å². The summed E-state index contributed by atoms with van der Waals surface area (Å²) in [6.07, 6.45) is 1.14. The van der Waals surface area contributed by atoms with E-state index in [0.29, 0.717) is 26.4 Å². The smallest absolute Gasteiger partial charge is 0.330 e. The molecule has 4 heteroatoms. The number of carbonyl (C=O) groups is 1. The Morgan fingerprint density at radius 1 is 0.846 bits per heavy atom. The third-order valence-corrected chi connectivity index (χ3v) is 4.14. The van der Waals surface area contributed by atoms with E-state index < -0.39 is 5.97 Å². The van der Waals surface area contributed by atoms with E-state index in [0.717, 1.165) is 6.08 Å². The van der Waals surface area contributed by atoms with Crippen molar-refractivity contribution in [2.45, 2.75) is 6.61 Å². The van der Waals surface area contributed by atoms with E-state index in [1.54, 1.807) is 0 Å².